The second-order valence-electron chi connectivity index (χ2n) is 4.38. The van der Waals surface area contributed by atoms with Crippen molar-refractivity contribution in [2.75, 3.05) is 5.32 Å². The summed E-state index contributed by atoms with van der Waals surface area (Å²) < 4.78 is 16.9. The van der Waals surface area contributed by atoms with Crippen LogP contribution >= 0.6 is 58.4 Å². The van der Waals surface area contributed by atoms with E-state index in [1.807, 2.05) is 0 Å². The molecule has 0 spiro atoms. The standard InChI is InChI=1S/C13H6Cl4FN3OS/c14-4-1-2-6(10(18)8(4)16)19-13-20-11-7(23-21-13)3-5(15)9(17)12(11)22/h1-3,22H,(H2,19,20,21). The molecule has 10 heteroatoms. The number of nitrogens with zero attached hydrogens (tertiary/aromatic N) is 1. The molecular formula is C13H6Cl4FN3OS. The Morgan fingerprint density at radius 1 is 1.13 bits per heavy atom. The molecule has 23 heavy (non-hydrogen) atoms. The number of nitrogens with one attached hydrogen (secondary N) is 2. The number of aromatic hydroxyl groups is 1. The first-order valence-electron chi connectivity index (χ1n) is 6.01. The molecule has 0 unspecified atom stereocenters. The first-order valence-corrected chi connectivity index (χ1v) is 8.34. The molecule has 1 aliphatic rings. The molecular weight excluding hydrogens is 407 g/mol. The number of phenols is 1. The zero-order chi connectivity index (χ0) is 16.7. The lowest BCUT2D eigenvalue weighted by Crippen LogP contribution is -2.27. The van der Waals surface area contributed by atoms with Gasteiger partial charge in [0.2, 0.25) is 5.96 Å². The summed E-state index contributed by atoms with van der Waals surface area (Å²) in [6.07, 6.45) is 0. The lowest BCUT2D eigenvalue weighted by atomic mass is 10.3. The maximum absolute atomic E-state index is 14.1. The Kier molecular flexibility index (Phi) is 4.71. The van der Waals surface area contributed by atoms with E-state index in [0.717, 1.165) is 11.9 Å². The average molecular weight is 413 g/mol. The molecule has 1 heterocycles. The molecule has 2 aromatic carbocycles. The average Bonchev–Trinajstić information content (AvgIpc) is 2.54. The van der Waals surface area contributed by atoms with Crippen LogP contribution in [0.15, 0.2) is 28.1 Å². The van der Waals surface area contributed by atoms with E-state index in [9.17, 15) is 9.50 Å². The third kappa shape index (κ3) is 3.14. The highest BCUT2D eigenvalue weighted by molar-refractivity contribution is 7.98. The van der Waals surface area contributed by atoms with Crippen molar-refractivity contribution in [2.24, 2.45) is 4.99 Å². The largest absolute Gasteiger partial charge is 0.504 e. The molecule has 2 aromatic rings. The second kappa shape index (κ2) is 6.45. The van der Waals surface area contributed by atoms with Gasteiger partial charge in [0.1, 0.15) is 10.7 Å². The summed E-state index contributed by atoms with van der Waals surface area (Å²) in [4.78, 5) is 4.75. The van der Waals surface area contributed by atoms with E-state index in [-0.39, 0.29) is 43.2 Å². The molecule has 0 atom stereocenters. The maximum Gasteiger partial charge on any atom is 0.211 e. The minimum Gasteiger partial charge on any atom is -0.504 e. The number of fused-ring (bicyclic) bond motifs is 1. The first-order chi connectivity index (χ1) is 10.9. The topological polar surface area (TPSA) is 56.7 Å². The molecule has 0 bridgehead atoms. The van der Waals surface area contributed by atoms with Gasteiger partial charge in [-0.15, -0.1) is 0 Å². The van der Waals surface area contributed by atoms with Crippen LogP contribution in [0, 0.1) is 5.82 Å². The van der Waals surface area contributed by atoms with Gasteiger partial charge in [-0.1, -0.05) is 46.4 Å². The second-order valence-corrected chi connectivity index (χ2v) is 6.80. The number of benzene rings is 2. The SMILES string of the molecule is Oc1c(Cl)c(Cl)cc2c1N=C(Nc1ccc(Cl)c(Cl)c1F)NS2. The Morgan fingerprint density at radius 2 is 1.87 bits per heavy atom. The molecule has 4 nitrogen and oxygen atoms in total. The molecule has 3 N–H and O–H groups in total. The van der Waals surface area contributed by atoms with Crippen molar-refractivity contribution in [2.45, 2.75) is 4.90 Å². The molecule has 1 aliphatic heterocycles. The van der Waals surface area contributed by atoms with Crippen LogP contribution in [0.5, 0.6) is 5.75 Å². The summed E-state index contributed by atoms with van der Waals surface area (Å²) in [5.74, 6) is -0.775. The minimum absolute atomic E-state index is 0.00302. The first kappa shape index (κ1) is 16.8. The van der Waals surface area contributed by atoms with Crippen LogP contribution in [0.4, 0.5) is 15.8 Å². The quantitative estimate of drug-likeness (QED) is 0.405. The number of guanidine groups is 1. The number of hydrogen-bond donors (Lipinski definition) is 3. The zero-order valence-electron chi connectivity index (χ0n) is 10.9. The van der Waals surface area contributed by atoms with E-state index in [0.29, 0.717) is 4.90 Å². The highest BCUT2D eigenvalue weighted by Gasteiger charge is 2.21. The summed E-state index contributed by atoms with van der Waals surface area (Å²) >= 11 is 24.4. The highest BCUT2D eigenvalue weighted by Crippen LogP contribution is 2.46. The molecule has 0 saturated heterocycles. The Balaban J connectivity index is 1.98. The van der Waals surface area contributed by atoms with E-state index >= 15 is 0 Å². The van der Waals surface area contributed by atoms with Crippen LogP contribution in [-0.4, -0.2) is 11.1 Å². The van der Waals surface area contributed by atoms with Gasteiger partial charge in [0, 0.05) is 0 Å². The lowest BCUT2D eigenvalue weighted by Gasteiger charge is -2.19. The van der Waals surface area contributed by atoms with E-state index in [4.69, 9.17) is 46.4 Å². The van der Waals surface area contributed by atoms with E-state index in [1.165, 1.54) is 12.1 Å². The van der Waals surface area contributed by atoms with Crippen LogP contribution in [-0.2, 0) is 0 Å². The van der Waals surface area contributed by atoms with E-state index in [1.54, 1.807) is 6.07 Å². The number of phenolic OH excluding ortho intramolecular Hbond substituents is 1. The summed E-state index contributed by atoms with van der Waals surface area (Å²) in [5, 5.41) is 12.9. The molecule has 0 aromatic heterocycles. The Morgan fingerprint density at radius 3 is 2.61 bits per heavy atom. The van der Waals surface area contributed by atoms with E-state index in [2.05, 4.69) is 15.0 Å². The number of rotatable bonds is 1. The van der Waals surface area contributed by atoms with Gasteiger partial charge in [0.25, 0.3) is 0 Å². The Hall–Kier alpha value is -1.05. The molecule has 0 fully saturated rings. The Labute approximate surface area is 154 Å². The predicted octanol–water partition coefficient (Wildman–Crippen LogP) is 5.85. The lowest BCUT2D eigenvalue weighted by molar-refractivity contribution is 0.475. The van der Waals surface area contributed by atoms with Crippen LogP contribution in [0.1, 0.15) is 0 Å². The van der Waals surface area contributed by atoms with Gasteiger partial charge < -0.3 is 10.4 Å². The summed E-state index contributed by atoms with van der Waals surface area (Å²) in [7, 11) is 0. The monoisotopic (exact) mass is 411 g/mol. The van der Waals surface area contributed by atoms with Gasteiger partial charge in [-0.3, -0.25) is 4.72 Å². The van der Waals surface area contributed by atoms with Crippen molar-refractivity contribution in [3.05, 3.63) is 44.1 Å². The summed E-state index contributed by atoms with van der Waals surface area (Å²) in [5.41, 5.74) is 0.306. The van der Waals surface area contributed by atoms with Crippen LogP contribution in [0.3, 0.4) is 0 Å². The van der Waals surface area contributed by atoms with E-state index < -0.39 is 5.82 Å². The molecule has 3 rings (SSSR count). The van der Waals surface area contributed by atoms with Crippen molar-refractivity contribution < 1.29 is 9.50 Å². The van der Waals surface area contributed by atoms with Crippen LogP contribution < -0.4 is 10.0 Å². The summed E-state index contributed by atoms with van der Waals surface area (Å²) in [6, 6.07) is 4.44. The zero-order valence-corrected chi connectivity index (χ0v) is 14.8. The smallest absolute Gasteiger partial charge is 0.211 e. The molecule has 0 amide bonds. The fraction of sp³-hybridized carbons (Fsp3) is 0. The van der Waals surface area contributed by atoms with Crippen molar-refractivity contribution in [1.29, 1.82) is 0 Å². The maximum atomic E-state index is 14.1. The van der Waals surface area contributed by atoms with Crippen molar-refractivity contribution in [3.63, 3.8) is 0 Å². The predicted molar refractivity (Wildman–Crippen MR) is 94.3 cm³/mol. The third-order valence-corrected chi connectivity index (χ3v) is 5.29. The van der Waals surface area contributed by atoms with Gasteiger partial charge in [0.15, 0.2) is 11.6 Å². The van der Waals surface area contributed by atoms with Crippen molar-refractivity contribution in [1.82, 2.24) is 4.72 Å². The summed E-state index contributed by atoms with van der Waals surface area (Å²) in [6.45, 7) is 0. The number of anilines is 1. The van der Waals surface area contributed by atoms with Gasteiger partial charge >= 0.3 is 0 Å². The normalized spacial score (nSPS) is 13.2. The molecule has 120 valence electrons. The molecule has 0 saturated carbocycles. The number of hydrogen-bond acceptors (Lipinski definition) is 5. The van der Waals surface area contributed by atoms with Gasteiger partial charge in [-0.25, -0.2) is 9.38 Å². The Bertz CT molecular complexity index is 847. The third-order valence-electron chi connectivity index (χ3n) is 2.90. The van der Waals surface area contributed by atoms with Gasteiger partial charge in [-0.05, 0) is 30.1 Å². The van der Waals surface area contributed by atoms with Crippen molar-refractivity contribution in [3.8, 4) is 5.75 Å². The fourth-order valence-electron chi connectivity index (χ4n) is 1.81. The number of aliphatic imine (C=N–C) groups is 1. The minimum atomic E-state index is -0.710. The van der Waals surface area contributed by atoms with Crippen molar-refractivity contribution >= 4 is 75.7 Å². The van der Waals surface area contributed by atoms with Gasteiger partial charge in [0.05, 0.1) is 25.7 Å². The fourth-order valence-corrected chi connectivity index (χ4v) is 3.25. The molecule has 0 aliphatic carbocycles. The number of halogens is 5. The van der Waals surface area contributed by atoms with Crippen LogP contribution in [0.2, 0.25) is 20.1 Å². The van der Waals surface area contributed by atoms with Crippen LogP contribution in [0.25, 0.3) is 0 Å². The molecule has 0 radical (unpaired) electrons. The highest BCUT2D eigenvalue weighted by atomic mass is 35.5. The van der Waals surface area contributed by atoms with Gasteiger partial charge in [-0.2, -0.15) is 0 Å².